The van der Waals surface area contributed by atoms with E-state index in [4.69, 9.17) is 0 Å². The zero-order chi connectivity index (χ0) is 16.8. The third-order valence-electron chi connectivity index (χ3n) is 3.30. The van der Waals surface area contributed by atoms with Crippen molar-refractivity contribution in [3.8, 4) is 0 Å². The average molecular weight is 377 g/mol. The number of amides is 1. The second-order valence-electron chi connectivity index (χ2n) is 5.58. The Hall–Kier alpha value is -1.92. The second-order valence-corrected chi connectivity index (χ2v) is 6.43. The van der Waals surface area contributed by atoms with Gasteiger partial charge in [0.15, 0.2) is 0 Å². The number of carbonyl (C=O) groups excluding carboxylic acids is 1. The van der Waals surface area contributed by atoms with Crippen LogP contribution in [0.3, 0.4) is 0 Å². The van der Waals surface area contributed by atoms with Gasteiger partial charge in [0.05, 0.1) is 11.9 Å². The van der Waals surface area contributed by atoms with Gasteiger partial charge in [0.2, 0.25) is 0 Å². The Morgan fingerprint density at radius 1 is 1.22 bits per heavy atom. The molecule has 0 aliphatic rings. The van der Waals surface area contributed by atoms with Gasteiger partial charge in [0.1, 0.15) is 5.69 Å². The summed E-state index contributed by atoms with van der Waals surface area (Å²) in [6.07, 6.45) is 1.68. The maximum Gasteiger partial charge on any atom is 0.274 e. The van der Waals surface area contributed by atoms with E-state index < -0.39 is 0 Å². The SMILES string of the molecule is Cc1cc(NC(=O)c2ccc(NCCN(C)C)cn2)ccc1Br. The normalized spacial score (nSPS) is 10.7. The fourth-order valence-electron chi connectivity index (χ4n) is 1.97. The highest BCUT2D eigenvalue weighted by Crippen LogP contribution is 2.20. The number of anilines is 2. The predicted molar refractivity (Wildman–Crippen MR) is 98.1 cm³/mol. The minimum absolute atomic E-state index is 0.216. The number of rotatable bonds is 6. The Balaban J connectivity index is 1.95. The smallest absolute Gasteiger partial charge is 0.274 e. The van der Waals surface area contributed by atoms with Crippen LogP contribution >= 0.6 is 15.9 Å². The lowest BCUT2D eigenvalue weighted by Crippen LogP contribution is -2.21. The molecule has 0 aliphatic heterocycles. The Kier molecular flexibility index (Phi) is 6.12. The summed E-state index contributed by atoms with van der Waals surface area (Å²) in [5.74, 6) is -0.216. The van der Waals surface area contributed by atoms with Crippen molar-refractivity contribution >= 4 is 33.2 Å². The first kappa shape index (κ1) is 17.4. The number of carbonyl (C=O) groups is 1. The zero-order valence-electron chi connectivity index (χ0n) is 13.6. The molecule has 0 bridgehead atoms. The van der Waals surface area contributed by atoms with Crippen LogP contribution in [0, 0.1) is 6.92 Å². The van der Waals surface area contributed by atoms with Gasteiger partial charge in [-0.2, -0.15) is 0 Å². The van der Waals surface area contributed by atoms with Gasteiger partial charge in [-0.3, -0.25) is 4.79 Å². The number of benzene rings is 1. The van der Waals surface area contributed by atoms with E-state index in [9.17, 15) is 4.79 Å². The van der Waals surface area contributed by atoms with Crippen molar-refractivity contribution in [2.24, 2.45) is 0 Å². The minimum Gasteiger partial charge on any atom is -0.383 e. The van der Waals surface area contributed by atoms with E-state index in [2.05, 4.69) is 36.4 Å². The van der Waals surface area contributed by atoms with E-state index in [-0.39, 0.29) is 5.91 Å². The summed E-state index contributed by atoms with van der Waals surface area (Å²) in [6.45, 7) is 3.75. The number of halogens is 1. The number of nitrogens with one attached hydrogen (secondary N) is 2. The van der Waals surface area contributed by atoms with Gasteiger partial charge >= 0.3 is 0 Å². The van der Waals surface area contributed by atoms with Gasteiger partial charge in [-0.1, -0.05) is 15.9 Å². The molecule has 2 rings (SSSR count). The van der Waals surface area contributed by atoms with Crippen molar-refractivity contribution in [2.45, 2.75) is 6.92 Å². The molecule has 1 amide bonds. The van der Waals surface area contributed by atoms with E-state index >= 15 is 0 Å². The zero-order valence-corrected chi connectivity index (χ0v) is 15.1. The van der Waals surface area contributed by atoms with Crippen LogP contribution < -0.4 is 10.6 Å². The van der Waals surface area contributed by atoms with Crippen molar-refractivity contribution in [3.05, 3.63) is 52.3 Å². The van der Waals surface area contributed by atoms with Gasteiger partial charge in [-0.15, -0.1) is 0 Å². The molecule has 122 valence electrons. The van der Waals surface area contributed by atoms with Crippen LogP contribution in [0.15, 0.2) is 41.0 Å². The summed E-state index contributed by atoms with van der Waals surface area (Å²) in [7, 11) is 4.05. The molecule has 23 heavy (non-hydrogen) atoms. The molecule has 1 aromatic heterocycles. The number of hydrogen-bond acceptors (Lipinski definition) is 4. The lowest BCUT2D eigenvalue weighted by atomic mass is 10.2. The second kappa shape index (κ2) is 8.08. The predicted octanol–water partition coefficient (Wildman–Crippen LogP) is 3.38. The molecule has 2 aromatic rings. The average Bonchev–Trinajstić information content (AvgIpc) is 2.51. The van der Waals surface area contributed by atoms with E-state index in [1.807, 2.05) is 45.3 Å². The van der Waals surface area contributed by atoms with Crippen molar-refractivity contribution in [1.29, 1.82) is 0 Å². The first-order valence-corrected chi connectivity index (χ1v) is 8.17. The lowest BCUT2D eigenvalue weighted by Gasteiger charge is -2.11. The Bertz CT molecular complexity index is 671. The van der Waals surface area contributed by atoms with Crippen LogP contribution in [0.2, 0.25) is 0 Å². The molecule has 0 aliphatic carbocycles. The molecule has 0 spiro atoms. The van der Waals surface area contributed by atoms with Crippen molar-refractivity contribution in [1.82, 2.24) is 9.88 Å². The van der Waals surface area contributed by atoms with Crippen molar-refractivity contribution in [2.75, 3.05) is 37.8 Å². The fourth-order valence-corrected chi connectivity index (χ4v) is 2.22. The maximum absolute atomic E-state index is 12.2. The summed E-state index contributed by atoms with van der Waals surface area (Å²) in [5.41, 5.74) is 3.12. The van der Waals surface area contributed by atoms with E-state index in [1.54, 1.807) is 12.3 Å². The number of nitrogens with zero attached hydrogens (tertiary/aromatic N) is 2. The summed E-state index contributed by atoms with van der Waals surface area (Å²) in [5, 5.41) is 6.12. The van der Waals surface area contributed by atoms with Gasteiger partial charge in [0, 0.05) is 23.2 Å². The molecule has 0 radical (unpaired) electrons. The largest absolute Gasteiger partial charge is 0.383 e. The number of hydrogen-bond donors (Lipinski definition) is 2. The first-order chi connectivity index (χ1) is 11.0. The van der Waals surface area contributed by atoms with E-state index in [0.29, 0.717) is 5.69 Å². The molecular weight excluding hydrogens is 356 g/mol. The Morgan fingerprint density at radius 3 is 2.57 bits per heavy atom. The Morgan fingerprint density at radius 2 is 1.96 bits per heavy atom. The van der Waals surface area contributed by atoms with Crippen LogP contribution in [0.25, 0.3) is 0 Å². The molecule has 1 heterocycles. The first-order valence-electron chi connectivity index (χ1n) is 7.38. The summed E-state index contributed by atoms with van der Waals surface area (Å²) in [6, 6.07) is 9.27. The summed E-state index contributed by atoms with van der Waals surface area (Å²) >= 11 is 3.44. The lowest BCUT2D eigenvalue weighted by molar-refractivity contribution is 0.102. The van der Waals surface area contributed by atoms with Gasteiger partial charge < -0.3 is 15.5 Å². The molecule has 0 unspecified atom stereocenters. The molecular formula is C17H21BrN4O. The topological polar surface area (TPSA) is 57.3 Å². The van der Waals surface area contributed by atoms with Gasteiger partial charge in [-0.05, 0) is 56.9 Å². The van der Waals surface area contributed by atoms with Crippen LogP contribution in [0.1, 0.15) is 16.1 Å². The van der Waals surface area contributed by atoms with Crippen molar-refractivity contribution < 1.29 is 4.79 Å². The molecule has 6 heteroatoms. The van der Waals surface area contributed by atoms with Gasteiger partial charge in [-0.25, -0.2) is 4.98 Å². The van der Waals surface area contributed by atoms with E-state index in [0.717, 1.165) is 34.5 Å². The number of aromatic nitrogens is 1. The third-order valence-corrected chi connectivity index (χ3v) is 4.19. The molecule has 2 N–H and O–H groups in total. The molecule has 0 saturated heterocycles. The highest BCUT2D eigenvalue weighted by molar-refractivity contribution is 9.10. The highest BCUT2D eigenvalue weighted by atomic mass is 79.9. The number of aryl methyl sites for hydroxylation is 1. The molecule has 1 aromatic carbocycles. The fraction of sp³-hybridized carbons (Fsp3) is 0.294. The van der Waals surface area contributed by atoms with Crippen LogP contribution in [0.5, 0.6) is 0 Å². The standard InChI is InChI=1S/C17H21BrN4O/c1-12-10-13(4-6-15(12)18)21-17(23)16-7-5-14(11-20-16)19-8-9-22(2)3/h4-7,10-11,19H,8-9H2,1-3H3,(H,21,23). The minimum atomic E-state index is -0.216. The number of likely N-dealkylation sites (N-methyl/N-ethyl adjacent to an activating group) is 1. The van der Waals surface area contributed by atoms with Crippen molar-refractivity contribution in [3.63, 3.8) is 0 Å². The highest BCUT2D eigenvalue weighted by Gasteiger charge is 2.08. The molecule has 0 fully saturated rings. The summed E-state index contributed by atoms with van der Waals surface area (Å²) in [4.78, 5) is 18.5. The summed E-state index contributed by atoms with van der Waals surface area (Å²) < 4.78 is 1.02. The van der Waals surface area contributed by atoms with E-state index in [1.165, 1.54) is 0 Å². The third kappa shape index (κ3) is 5.33. The molecule has 0 atom stereocenters. The molecule has 0 saturated carbocycles. The molecule has 5 nitrogen and oxygen atoms in total. The Labute approximate surface area is 145 Å². The maximum atomic E-state index is 12.2. The van der Waals surface area contributed by atoms with Crippen LogP contribution in [0.4, 0.5) is 11.4 Å². The quantitative estimate of drug-likeness (QED) is 0.811. The monoisotopic (exact) mass is 376 g/mol. The van der Waals surface area contributed by atoms with Crippen LogP contribution in [-0.2, 0) is 0 Å². The number of pyridine rings is 1. The van der Waals surface area contributed by atoms with Crippen LogP contribution in [-0.4, -0.2) is 43.0 Å². The van der Waals surface area contributed by atoms with Gasteiger partial charge in [0.25, 0.3) is 5.91 Å².